The van der Waals surface area contributed by atoms with E-state index < -0.39 is 0 Å². The van der Waals surface area contributed by atoms with Gasteiger partial charge in [0.2, 0.25) is 0 Å². The quantitative estimate of drug-likeness (QED) is 0.802. The van der Waals surface area contributed by atoms with Crippen LogP contribution < -0.4 is 11.1 Å². The highest BCUT2D eigenvalue weighted by Gasteiger charge is 2.20. The van der Waals surface area contributed by atoms with Crippen molar-refractivity contribution in [1.29, 1.82) is 0 Å². The molecule has 1 rings (SSSR count). The minimum atomic E-state index is -0.179. The van der Waals surface area contributed by atoms with E-state index in [2.05, 4.69) is 5.32 Å². The zero-order valence-corrected chi connectivity index (χ0v) is 10.8. The molecule has 0 aromatic carbocycles. The molecular weight excluding hydrogens is 220 g/mol. The van der Waals surface area contributed by atoms with E-state index in [1.807, 2.05) is 13.8 Å². The van der Waals surface area contributed by atoms with Crippen LogP contribution in [-0.4, -0.2) is 32.2 Å². The van der Waals surface area contributed by atoms with Gasteiger partial charge in [-0.25, -0.2) is 0 Å². The zero-order valence-electron chi connectivity index (χ0n) is 10.8. The topological polar surface area (TPSA) is 77.5 Å². The van der Waals surface area contributed by atoms with E-state index in [1.165, 1.54) is 0 Å². The van der Waals surface area contributed by atoms with Crippen LogP contribution in [-0.2, 0) is 4.74 Å². The molecule has 0 aliphatic carbocycles. The number of nitrogens with one attached hydrogen (secondary N) is 1. The van der Waals surface area contributed by atoms with Crippen molar-refractivity contribution in [2.24, 2.45) is 5.73 Å². The van der Waals surface area contributed by atoms with Gasteiger partial charge in [-0.2, -0.15) is 0 Å². The summed E-state index contributed by atoms with van der Waals surface area (Å²) in [4.78, 5) is 12.1. The second-order valence-corrected chi connectivity index (χ2v) is 4.08. The van der Waals surface area contributed by atoms with Crippen molar-refractivity contribution in [3.8, 4) is 0 Å². The van der Waals surface area contributed by atoms with Crippen molar-refractivity contribution in [3.05, 3.63) is 22.6 Å². The van der Waals surface area contributed by atoms with E-state index in [4.69, 9.17) is 14.9 Å². The Morgan fingerprint density at radius 1 is 1.41 bits per heavy atom. The number of carbonyl (C=O) groups excluding carboxylic acids is 1. The molecular formula is C12H20N2O3. The minimum absolute atomic E-state index is 0.163. The van der Waals surface area contributed by atoms with Crippen molar-refractivity contribution in [1.82, 2.24) is 5.32 Å². The van der Waals surface area contributed by atoms with Crippen LogP contribution >= 0.6 is 0 Å². The van der Waals surface area contributed by atoms with Crippen LogP contribution in [0.4, 0.5) is 0 Å². The Balaban J connectivity index is 2.82. The monoisotopic (exact) mass is 240 g/mol. The molecule has 0 spiro atoms. The molecule has 0 aliphatic heterocycles. The molecule has 0 bridgehead atoms. The van der Waals surface area contributed by atoms with Gasteiger partial charge in [-0.15, -0.1) is 0 Å². The summed E-state index contributed by atoms with van der Waals surface area (Å²) in [5.74, 6) is 1.23. The fraction of sp³-hybridized carbons (Fsp3) is 0.583. The van der Waals surface area contributed by atoms with E-state index >= 15 is 0 Å². The predicted octanol–water partition coefficient (Wildman–Crippen LogP) is 0.908. The van der Waals surface area contributed by atoms with Crippen molar-refractivity contribution < 1.29 is 13.9 Å². The van der Waals surface area contributed by atoms with Crippen molar-refractivity contribution >= 4 is 5.91 Å². The number of ether oxygens (including phenoxy) is 1. The molecule has 1 amide bonds. The average molecular weight is 240 g/mol. The summed E-state index contributed by atoms with van der Waals surface area (Å²) in [6.07, 6.45) is 0. The molecule has 3 N–H and O–H groups in total. The van der Waals surface area contributed by atoms with Gasteiger partial charge in [0, 0.05) is 19.2 Å². The fourth-order valence-electron chi connectivity index (χ4n) is 1.75. The number of rotatable bonds is 5. The number of nitrogens with two attached hydrogens (primary N) is 1. The van der Waals surface area contributed by atoms with Crippen molar-refractivity contribution in [2.75, 3.05) is 20.3 Å². The van der Waals surface area contributed by atoms with E-state index in [9.17, 15) is 4.79 Å². The molecule has 1 aromatic rings. The molecule has 0 radical (unpaired) electrons. The summed E-state index contributed by atoms with van der Waals surface area (Å²) in [6, 6.07) is -0.179. The summed E-state index contributed by atoms with van der Waals surface area (Å²) in [5.41, 5.74) is 7.01. The Morgan fingerprint density at radius 2 is 2.06 bits per heavy atom. The first-order chi connectivity index (χ1) is 8.01. The molecule has 1 aromatic heterocycles. The Labute approximate surface area is 101 Å². The van der Waals surface area contributed by atoms with Crippen molar-refractivity contribution in [2.45, 2.75) is 26.8 Å². The van der Waals surface area contributed by atoms with Crippen LogP contribution in [0, 0.1) is 20.8 Å². The third kappa shape index (κ3) is 3.08. The second-order valence-electron chi connectivity index (χ2n) is 4.08. The Morgan fingerprint density at radius 3 is 2.47 bits per heavy atom. The van der Waals surface area contributed by atoms with Crippen LogP contribution in [0.1, 0.15) is 27.4 Å². The maximum atomic E-state index is 12.1. The number of carbonyl (C=O) groups is 1. The number of furan rings is 1. The van der Waals surface area contributed by atoms with Crippen molar-refractivity contribution in [3.63, 3.8) is 0 Å². The van der Waals surface area contributed by atoms with Crippen LogP contribution in [0.25, 0.3) is 0 Å². The summed E-state index contributed by atoms with van der Waals surface area (Å²) in [7, 11) is 1.58. The lowest BCUT2D eigenvalue weighted by Gasteiger charge is -2.15. The molecule has 1 unspecified atom stereocenters. The molecule has 5 nitrogen and oxygen atoms in total. The standard InChI is InChI=1S/C12H20N2O3/c1-7-8(2)17-9(3)11(7)12(15)14-10(5-13)6-16-4/h10H,5-6,13H2,1-4H3,(H,14,15). The number of methoxy groups -OCH3 is 1. The number of aryl methyl sites for hydroxylation is 2. The first-order valence-corrected chi connectivity index (χ1v) is 5.57. The first kappa shape index (κ1) is 13.7. The Bertz CT molecular complexity index is 399. The highest BCUT2D eigenvalue weighted by Crippen LogP contribution is 2.20. The van der Waals surface area contributed by atoms with Crippen LogP contribution in [0.3, 0.4) is 0 Å². The lowest BCUT2D eigenvalue weighted by Crippen LogP contribution is -2.43. The number of amides is 1. The van der Waals surface area contributed by atoms with E-state index in [0.29, 0.717) is 24.5 Å². The van der Waals surface area contributed by atoms with Gasteiger partial charge in [0.05, 0.1) is 18.2 Å². The SMILES string of the molecule is COCC(CN)NC(=O)c1c(C)oc(C)c1C. The van der Waals surface area contributed by atoms with Gasteiger partial charge in [0.15, 0.2) is 0 Å². The summed E-state index contributed by atoms with van der Waals surface area (Å²) >= 11 is 0. The maximum Gasteiger partial charge on any atom is 0.255 e. The molecule has 5 heteroatoms. The normalized spacial score (nSPS) is 12.5. The molecule has 0 saturated carbocycles. The largest absolute Gasteiger partial charge is 0.466 e. The van der Waals surface area contributed by atoms with Crippen LogP contribution in [0.15, 0.2) is 4.42 Å². The molecule has 0 saturated heterocycles. The Hall–Kier alpha value is -1.33. The lowest BCUT2D eigenvalue weighted by atomic mass is 10.1. The van der Waals surface area contributed by atoms with Gasteiger partial charge in [-0.3, -0.25) is 4.79 Å². The van der Waals surface area contributed by atoms with Gasteiger partial charge in [0.1, 0.15) is 11.5 Å². The second kappa shape index (κ2) is 5.84. The summed E-state index contributed by atoms with van der Waals surface area (Å²) in [5, 5.41) is 2.83. The van der Waals surface area contributed by atoms with Gasteiger partial charge < -0.3 is 20.2 Å². The highest BCUT2D eigenvalue weighted by atomic mass is 16.5. The Kier molecular flexibility index (Phi) is 4.72. The highest BCUT2D eigenvalue weighted by molar-refractivity contribution is 5.97. The lowest BCUT2D eigenvalue weighted by molar-refractivity contribution is 0.0898. The van der Waals surface area contributed by atoms with Gasteiger partial charge in [-0.1, -0.05) is 0 Å². The molecule has 17 heavy (non-hydrogen) atoms. The predicted molar refractivity (Wildman–Crippen MR) is 65.1 cm³/mol. The molecule has 0 aliphatic rings. The van der Waals surface area contributed by atoms with Gasteiger partial charge in [-0.05, 0) is 20.8 Å². The molecule has 1 atom stereocenters. The third-order valence-electron chi connectivity index (χ3n) is 2.78. The number of hydrogen-bond donors (Lipinski definition) is 2. The van der Waals surface area contributed by atoms with Gasteiger partial charge in [0.25, 0.3) is 5.91 Å². The maximum absolute atomic E-state index is 12.1. The summed E-state index contributed by atoms with van der Waals surface area (Å²) in [6.45, 7) is 6.23. The average Bonchev–Trinajstić information content (AvgIpc) is 2.52. The molecule has 96 valence electrons. The smallest absolute Gasteiger partial charge is 0.255 e. The van der Waals surface area contributed by atoms with Gasteiger partial charge >= 0.3 is 0 Å². The van der Waals surface area contributed by atoms with E-state index in [-0.39, 0.29) is 11.9 Å². The first-order valence-electron chi connectivity index (χ1n) is 5.57. The van der Waals surface area contributed by atoms with E-state index in [0.717, 1.165) is 11.3 Å². The fourth-order valence-corrected chi connectivity index (χ4v) is 1.75. The summed E-state index contributed by atoms with van der Waals surface area (Å²) < 4.78 is 10.4. The number of hydrogen-bond acceptors (Lipinski definition) is 4. The third-order valence-corrected chi connectivity index (χ3v) is 2.78. The van der Waals surface area contributed by atoms with E-state index in [1.54, 1.807) is 14.0 Å². The molecule has 1 heterocycles. The van der Waals surface area contributed by atoms with Crippen LogP contribution in [0.2, 0.25) is 0 Å². The minimum Gasteiger partial charge on any atom is -0.466 e. The zero-order chi connectivity index (χ0) is 13.0. The molecule has 0 fully saturated rings. The van der Waals surface area contributed by atoms with Crippen LogP contribution in [0.5, 0.6) is 0 Å².